The average Bonchev–Trinajstić information content (AvgIpc) is 1.25. The minimum atomic E-state index is -3.63. The van der Waals surface area contributed by atoms with E-state index in [1.165, 1.54) is 0 Å². The minimum Gasteiger partial charge on any atom is -0.813 e. The van der Waals surface area contributed by atoms with Gasteiger partial charge in [0.15, 0.2) is 0 Å². The Kier molecular flexibility index (Phi) is 21.2. The second-order valence-electron chi connectivity index (χ2n) is 0.500. The quantitative estimate of drug-likeness (QED) is 0.306. The molecule has 0 saturated heterocycles. The van der Waals surface area contributed by atoms with Crippen LogP contribution in [0.1, 0.15) is 0 Å². The monoisotopic (exact) mass is 223 g/mol. The molecule has 0 atom stereocenters. The van der Waals surface area contributed by atoms with Crippen LogP contribution in [-0.4, -0.2) is 0 Å². The normalized spacial score (nSPS) is 7.78. The summed E-state index contributed by atoms with van der Waals surface area (Å²) in [6, 6.07) is 0. The largest absolute Gasteiger partial charge is 4.00 e. The third kappa shape index (κ3) is 611. The van der Waals surface area contributed by atoms with Crippen LogP contribution in [0.25, 0.3) is 0 Å². The van der Waals surface area contributed by atoms with E-state index in [2.05, 4.69) is 0 Å². The molecule has 0 spiro atoms. The second kappa shape index (κ2) is 11.6. The van der Waals surface area contributed by atoms with Crippen molar-refractivity contribution in [3.63, 3.8) is 0 Å². The topological polar surface area (TPSA) is 126 Å². The van der Waals surface area contributed by atoms with Crippen molar-refractivity contribution in [2.45, 2.75) is 0 Å². The van der Waals surface area contributed by atoms with Crippen LogP contribution in [0.3, 0.4) is 0 Å². The molecule has 0 N–H and O–H groups in total. The standard InChI is InChI=1S/Cu.2H3O3P/c;2*1-4(2)3/h;2*4H,(H2,1,2,3)/q+4;;/p-4. The fourth-order valence-electron chi connectivity index (χ4n) is 0. The summed E-state index contributed by atoms with van der Waals surface area (Å²) in [6.45, 7) is 0. The molecule has 1 radical (unpaired) electrons. The molecule has 0 saturated carbocycles. The summed E-state index contributed by atoms with van der Waals surface area (Å²) in [5.74, 6) is 0. The maximum Gasteiger partial charge on any atom is 4.00 e. The zero-order chi connectivity index (χ0) is 7.15. The summed E-state index contributed by atoms with van der Waals surface area (Å²) in [5.41, 5.74) is 0. The van der Waals surface area contributed by atoms with Gasteiger partial charge in [-0.3, -0.25) is 0 Å². The molecule has 0 fully saturated rings. The van der Waals surface area contributed by atoms with Crippen molar-refractivity contribution in [2.24, 2.45) is 0 Å². The van der Waals surface area contributed by atoms with Crippen molar-refractivity contribution >= 4 is 16.5 Å². The Morgan fingerprint density at radius 1 is 0.778 bits per heavy atom. The molecule has 0 aliphatic carbocycles. The summed E-state index contributed by atoms with van der Waals surface area (Å²) in [6.07, 6.45) is 0. The molecule has 0 unspecified atom stereocenters. The predicted octanol–water partition coefficient (Wildman–Crippen LogP) is -3.81. The molecule has 0 rings (SSSR count). The molecule has 59 valence electrons. The van der Waals surface area contributed by atoms with Gasteiger partial charge in [0.2, 0.25) is 0 Å². The molecule has 0 aliphatic heterocycles. The molecular formula is H2CuO6P2. The maximum absolute atomic E-state index is 8.52. The Morgan fingerprint density at radius 2 is 0.778 bits per heavy atom. The van der Waals surface area contributed by atoms with Crippen molar-refractivity contribution in [3.8, 4) is 0 Å². The molecule has 0 aromatic carbocycles. The van der Waals surface area contributed by atoms with Crippen molar-refractivity contribution in [3.05, 3.63) is 0 Å². The third-order valence-electron chi connectivity index (χ3n) is 0. The van der Waals surface area contributed by atoms with Gasteiger partial charge in [0.05, 0.1) is 0 Å². The summed E-state index contributed by atoms with van der Waals surface area (Å²) >= 11 is 0. The number of hydrogen-bond acceptors (Lipinski definition) is 6. The van der Waals surface area contributed by atoms with Gasteiger partial charge in [-0.25, -0.2) is 0 Å². The van der Waals surface area contributed by atoms with E-state index in [0.717, 1.165) is 0 Å². The van der Waals surface area contributed by atoms with E-state index in [1.807, 2.05) is 0 Å². The third-order valence-corrected chi connectivity index (χ3v) is 0. The second-order valence-corrected chi connectivity index (χ2v) is 1.50. The zero-order valence-electron chi connectivity index (χ0n) is 3.75. The molecule has 0 aromatic heterocycles. The molecule has 0 aromatic rings. The maximum atomic E-state index is 8.52. The van der Waals surface area contributed by atoms with Gasteiger partial charge >= 0.3 is 17.1 Å². The fraction of sp³-hybridized carbons (Fsp3) is 0. The van der Waals surface area contributed by atoms with Gasteiger partial charge in [-0.05, 0) is 0 Å². The van der Waals surface area contributed by atoms with Gasteiger partial charge in [-0.2, -0.15) is 0 Å². The van der Waals surface area contributed by atoms with Crippen LogP contribution in [0.4, 0.5) is 0 Å². The molecule has 0 heterocycles. The van der Waals surface area contributed by atoms with E-state index in [0.29, 0.717) is 0 Å². The minimum absolute atomic E-state index is 0. The molecule has 6 nitrogen and oxygen atoms in total. The Labute approximate surface area is 62.9 Å². The molecule has 0 aliphatic rings. The molecule has 0 bridgehead atoms. The Hall–Kier alpha value is 0.819. The van der Waals surface area contributed by atoms with Gasteiger partial charge in [0.25, 0.3) is 0 Å². The number of rotatable bonds is 0. The summed E-state index contributed by atoms with van der Waals surface area (Å²) in [7, 11) is -7.26. The van der Waals surface area contributed by atoms with Crippen LogP contribution in [-0.2, 0) is 26.2 Å². The van der Waals surface area contributed by atoms with Crippen LogP contribution in [0, 0.1) is 0 Å². The van der Waals surface area contributed by atoms with Crippen LogP contribution >= 0.6 is 16.5 Å². The zero-order valence-corrected chi connectivity index (χ0v) is 6.69. The van der Waals surface area contributed by atoms with Crippen molar-refractivity contribution < 1.29 is 45.8 Å². The van der Waals surface area contributed by atoms with Gasteiger partial charge in [-0.1, -0.05) is 16.5 Å². The van der Waals surface area contributed by atoms with Gasteiger partial charge in [0.1, 0.15) is 0 Å². The Morgan fingerprint density at radius 3 is 0.778 bits per heavy atom. The SMILES string of the molecule is O=[PH]([O-])[O-].O=[PH]([O-])[O-].[Cu+4]. The van der Waals surface area contributed by atoms with Gasteiger partial charge < -0.3 is 28.7 Å². The summed E-state index contributed by atoms with van der Waals surface area (Å²) in [5, 5.41) is 0. The summed E-state index contributed by atoms with van der Waals surface area (Å²) in [4.78, 5) is 34.1. The Balaban J connectivity index is -0.0000000720. The van der Waals surface area contributed by atoms with Crippen molar-refractivity contribution in [2.75, 3.05) is 0 Å². The van der Waals surface area contributed by atoms with Gasteiger partial charge in [0, 0.05) is 0 Å². The van der Waals surface area contributed by atoms with E-state index in [4.69, 9.17) is 28.7 Å². The van der Waals surface area contributed by atoms with E-state index in [-0.39, 0.29) is 17.1 Å². The van der Waals surface area contributed by atoms with Crippen molar-refractivity contribution in [1.29, 1.82) is 0 Å². The van der Waals surface area contributed by atoms with Crippen LogP contribution in [0.5, 0.6) is 0 Å². The van der Waals surface area contributed by atoms with Crippen molar-refractivity contribution in [1.82, 2.24) is 0 Å². The van der Waals surface area contributed by atoms with E-state index >= 15 is 0 Å². The van der Waals surface area contributed by atoms with Crippen LogP contribution in [0.15, 0.2) is 0 Å². The summed E-state index contributed by atoms with van der Waals surface area (Å²) < 4.78 is 17.0. The number of hydrogen-bond donors (Lipinski definition) is 0. The first kappa shape index (κ1) is 16.4. The van der Waals surface area contributed by atoms with E-state index in [9.17, 15) is 0 Å². The van der Waals surface area contributed by atoms with Crippen LogP contribution in [0.2, 0.25) is 0 Å². The first-order valence-corrected chi connectivity index (χ1v) is 3.67. The molecule has 0 amide bonds. The van der Waals surface area contributed by atoms with E-state index in [1.54, 1.807) is 0 Å². The molecule has 9 heteroatoms. The fourth-order valence-corrected chi connectivity index (χ4v) is 0. The predicted molar refractivity (Wildman–Crippen MR) is 18.0 cm³/mol. The molecular weight excluding hydrogens is 221 g/mol. The molecule has 9 heavy (non-hydrogen) atoms. The smallest absolute Gasteiger partial charge is 0.813 e. The van der Waals surface area contributed by atoms with E-state index < -0.39 is 16.5 Å². The average molecular weight is 224 g/mol. The van der Waals surface area contributed by atoms with Gasteiger partial charge in [-0.15, -0.1) is 0 Å². The van der Waals surface area contributed by atoms with Crippen LogP contribution < -0.4 is 19.6 Å². The Bertz CT molecular complexity index is 69.1. The first-order chi connectivity index (χ1) is 3.46. The first-order valence-electron chi connectivity index (χ1n) is 1.22.